The summed E-state index contributed by atoms with van der Waals surface area (Å²) in [7, 11) is 0. The summed E-state index contributed by atoms with van der Waals surface area (Å²) in [4.78, 5) is 25.1. The zero-order valence-corrected chi connectivity index (χ0v) is 12.3. The molecule has 0 saturated carbocycles. The Labute approximate surface area is 120 Å². The maximum Gasteiger partial charge on any atom is 0.246 e. The molecule has 2 rings (SSSR count). The summed E-state index contributed by atoms with van der Waals surface area (Å²) in [5.74, 6) is -0.172. The van der Waals surface area contributed by atoms with Crippen molar-refractivity contribution in [1.29, 1.82) is 0 Å². The van der Waals surface area contributed by atoms with Gasteiger partial charge in [-0.2, -0.15) is 0 Å². The molecule has 4 heteroatoms. The van der Waals surface area contributed by atoms with Crippen molar-refractivity contribution in [2.24, 2.45) is 0 Å². The minimum Gasteiger partial charge on any atom is -0.305 e. The van der Waals surface area contributed by atoms with E-state index in [9.17, 15) is 9.59 Å². The number of hydrogen-bond acceptors (Lipinski definition) is 3. The monoisotopic (exact) mass is 274 g/mol. The average molecular weight is 274 g/mol. The van der Waals surface area contributed by atoms with E-state index in [1.807, 2.05) is 25.1 Å². The molecule has 1 heterocycles. The Hall–Kier alpha value is -1.68. The third kappa shape index (κ3) is 2.90. The van der Waals surface area contributed by atoms with Gasteiger partial charge in [0.05, 0.1) is 12.5 Å². The second-order valence-corrected chi connectivity index (χ2v) is 5.86. The van der Waals surface area contributed by atoms with Gasteiger partial charge in [0.15, 0.2) is 0 Å². The number of nitrogens with zero attached hydrogens (tertiary/aromatic N) is 1. The van der Waals surface area contributed by atoms with Crippen LogP contribution in [0, 0.1) is 0 Å². The van der Waals surface area contributed by atoms with Crippen molar-refractivity contribution in [2.75, 3.05) is 13.1 Å². The van der Waals surface area contributed by atoms with Crippen LogP contribution >= 0.6 is 0 Å². The minimum absolute atomic E-state index is 0.0764. The molecule has 1 aliphatic heterocycles. The van der Waals surface area contributed by atoms with Gasteiger partial charge in [0.2, 0.25) is 11.8 Å². The SMILES string of the molecule is CCN1C(=O)CC(NCC(C)(C)c2ccccc2)C1=O. The third-order valence-electron chi connectivity index (χ3n) is 3.91. The lowest BCUT2D eigenvalue weighted by atomic mass is 9.84. The summed E-state index contributed by atoms with van der Waals surface area (Å²) in [6.45, 7) is 7.21. The van der Waals surface area contributed by atoms with E-state index in [1.165, 1.54) is 10.5 Å². The first-order valence-electron chi connectivity index (χ1n) is 7.09. The zero-order valence-electron chi connectivity index (χ0n) is 12.3. The average Bonchev–Trinajstić information content (AvgIpc) is 2.72. The lowest BCUT2D eigenvalue weighted by molar-refractivity contribution is -0.138. The van der Waals surface area contributed by atoms with Crippen LogP contribution in [0.4, 0.5) is 0 Å². The molecule has 108 valence electrons. The van der Waals surface area contributed by atoms with Gasteiger partial charge in [-0.1, -0.05) is 44.2 Å². The van der Waals surface area contributed by atoms with E-state index in [0.29, 0.717) is 13.1 Å². The summed E-state index contributed by atoms with van der Waals surface area (Å²) in [5, 5.41) is 3.25. The Balaban J connectivity index is 1.99. The summed E-state index contributed by atoms with van der Waals surface area (Å²) < 4.78 is 0. The molecule has 1 N–H and O–H groups in total. The van der Waals surface area contributed by atoms with E-state index in [4.69, 9.17) is 0 Å². The van der Waals surface area contributed by atoms with Crippen LogP contribution in [0.5, 0.6) is 0 Å². The second-order valence-electron chi connectivity index (χ2n) is 5.86. The molecule has 0 spiro atoms. The molecule has 20 heavy (non-hydrogen) atoms. The highest BCUT2D eigenvalue weighted by atomic mass is 16.2. The first-order valence-corrected chi connectivity index (χ1v) is 7.09. The molecule has 0 aliphatic carbocycles. The van der Waals surface area contributed by atoms with Crippen molar-refractivity contribution in [1.82, 2.24) is 10.2 Å². The van der Waals surface area contributed by atoms with Crippen molar-refractivity contribution in [3.63, 3.8) is 0 Å². The van der Waals surface area contributed by atoms with Crippen molar-refractivity contribution >= 4 is 11.8 Å². The number of likely N-dealkylation sites (N-methyl/N-ethyl adjacent to an activating group) is 1. The number of imide groups is 1. The Kier molecular flexibility index (Phi) is 4.23. The lowest BCUT2D eigenvalue weighted by Crippen LogP contribution is -2.43. The lowest BCUT2D eigenvalue weighted by Gasteiger charge is -2.27. The molecular weight excluding hydrogens is 252 g/mol. The first kappa shape index (κ1) is 14.7. The Morgan fingerprint density at radius 3 is 2.45 bits per heavy atom. The maximum atomic E-state index is 12.0. The normalized spacial score (nSPS) is 19.8. The van der Waals surface area contributed by atoms with Crippen LogP contribution in [-0.4, -0.2) is 35.8 Å². The molecule has 1 aromatic carbocycles. The molecule has 0 bridgehead atoms. The van der Waals surface area contributed by atoms with Gasteiger partial charge in [0.1, 0.15) is 0 Å². The number of benzene rings is 1. The number of rotatable bonds is 5. The molecule has 1 atom stereocenters. The molecule has 1 aliphatic rings. The topological polar surface area (TPSA) is 49.4 Å². The fourth-order valence-electron chi connectivity index (χ4n) is 2.54. The maximum absolute atomic E-state index is 12.0. The molecule has 2 amide bonds. The van der Waals surface area contributed by atoms with Crippen molar-refractivity contribution in [2.45, 2.75) is 38.6 Å². The fourth-order valence-corrected chi connectivity index (χ4v) is 2.54. The number of amides is 2. The molecule has 1 fully saturated rings. The van der Waals surface area contributed by atoms with Gasteiger partial charge in [-0.15, -0.1) is 0 Å². The van der Waals surface area contributed by atoms with Crippen LogP contribution < -0.4 is 5.32 Å². The van der Waals surface area contributed by atoms with Crippen LogP contribution in [-0.2, 0) is 15.0 Å². The van der Waals surface area contributed by atoms with Crippen LogP contribution in [0.2, 0.25) is 0 Å². The second kappa shape index (κ2) is 5.75. The number of nitrogens with one attached hydrogen (secondary N) is 1. The largest absolute Gasteiger partial charge is 0.305 e. The zero-order chi connectivity index (χ0) is 14.8. The highest BCUT2D eigenvalue weighted by molar-refractivity contribution is 6.05. The molecule has 1 unspecified atom stereocenters. The van der Waals surface area contributed by atoms with Gasteiger partial charge in [-0.3, -0.25) is 14.5 Å². The highest BCUT2D eigenvalue weighted by Crippen LogP contribution is 2.23. The number of hydrogen-bond donors (Lipinski definition) is 1. The number of carbonyl (C=O) groups is 2. The Morgan fingerprint density at radius 2 is 1.90 bits per heavy atom. The van der Waals surface area contributed by atoms with E-state index in [-0.39, 0.29) is 29.7 Å². The third-order valence-corrected chi connectivity index (χ3v) is 3.91. The van der Waals surface area contributed by atoms with Crippen LogP contribution in [0.25, 0.3) is 0 Å². The van der Waals surface area contributed by atoms with E-state index in [2.05, 4.69) is 31.3 Å². The van der Waals surface area contributed by atoms with Crippen LogP contribution in [0.15, 0.2) is 30.3 Å². The predicted octanol–water partition coefficient (Wildman–Crippen LogP) is 1.70. The van der Waals surface area contributed by atoms with E-state index >= 15 is 0 Å². The summed E-state index contributed by atoms with van der Waals surface area (Å²) >= 11 is 0. The van der Waals surface area contributed by atoms with Gasteiger partial charge >= 0.3 is 0 Å². The van der Waals surface area contributed by atoms with E-state index in [0.717, 1.165) is 0 Å². The van der Waals surface area contributed by atoms with Gasteiger partial charge in [-0.05, 0) is 12.5 Å². The van der Waals surface area contributed by atoms with Gasteiger partial charge in [-0.25, -0.2) is 0 Å². The smallest absolute Gasteiger partial charge is 0.246 e. The molecule has 4 nitrogen and oxygen atoms in total. The molecule has 0 radical (unpaired) electrons. The van der Waals surface area contributed by atoms with E-state index < -0.39 is 0 Å². The Bertz CT molecular complexity index is 496. The minimum atomic E-state index is -0.370. The van der Waals surface area contributed by atoms with Crippen molar-refractivity contribution in [3.05, 3.63) is 35.9 Å². The van der Waals surface area contributed by atoms with Crippen molar-refractivity contribution < 1.29 is 9.59 Å². The van der Waals surface area contributed by atoms with Gasteiger partial charge < -0.3 is 5.32 Å². The standard InChI is InChI=1S/C16H22N2O2/c1-4-18-14(19)10-13(15(18)20)17-11-16(2,3)12-8-6-5-7-9-12/h5-9,13,17H,4,10-11H2,1-3H3. The quantitative estimate of drug-likeness (QED) is 0.831. The Morgan fingerprint density at radius 1 is 1.25 bits per heavy atom. The van der Waals surface area contributed by atoms with Crippen LogP contribution in [0.1, 0.15) is 32.8 Å². The highest BCUT2D eigenvalue weighted by Gasteiger charge is 2.38. The predicted molar refractivity (Wildman–Crippen MR) is 78.3 cm³/mol. The van der Waals surface area contributed by atoms with Crippen LogP contribution in [0.3, 0.4) is 0 Å². The number of likely N-dealkylation sites (tertiary alicyclic amines) is 1. The summed E-state index contributed by atoms with van der Waals surface area (Å²) in [5.41, 5.74) is 1.14. The summed E-state index contributed by atoms with van der Waals surface area (Å²) in [6.07, 6.45) is 0.275. The first-order chi connectivity index (χ1) is 9.45. The van der Waals surface area contributed by atoms with Crippen molar-refractivity contribution in [3.8, 4) is 0 Å². The fraction of sp³-hybridized carbons (Fsp3) is 0.500. The van der Waals surface area contributed by atoms with E-state index in [1.54, 1.807) is 0 Å². The summed E-state index contributed by atoms with van der Waals surface area (Å²) in [6, 6.07) is 9.82. The molecule has 0 aromatic heterocycles. The molecule has 1 aromatic rings. The molecular formula is C16H22N2O2. The molecule has 1 saturated heterocycles. The van der Waals surface area contributed by atoms with Gasteiger partial charge in [0.25, 0.3) is 0 Å². The number of carbonyl (C=O) groups excluding carboxylic acids is 2. The van der Waals surface area contributed by atoms with Gasteiger partial charge in [0, 0.05) is 18.5 Å².